The van der Waals surface area contributed by atoms with Crippen molar-refractivity contribution < 1.29 is 19.4 Å². The molecule has 1 fully saturated rings. The maximum absolute atomic E-state index is 10.6. The van der Waals surface area contributed by atoms with Crippen molar-refractivity contribution in [3.05, 3.63) is 0 Å². The first-order chi connectivity index (χ1) is 4.46. The van der Waals surface area contributed by atoms with E-state index in [0.29, 0.717) is 0 Å². The Balaban J connectivity index is 2.72. The van der Waals surface area contributed by atoms with Crippen molar-refractivity contribution >= 4 is 11.9 Å². The van der Waals surface area contributed by atoms with Crippen molar-refractivity contribution in [2.75, 3.05) is 0 Å². The van der Waals surface area contributed by atoms with Gasteiger partial charge in [0.15, 0.2) is 0 Å². The molecule has 0 radical (unpaired) electrons. The van der Waals surface area contributed by atoms with Gasteiger partial charge in [-0.05, 0) is 13.8 Å². The SMILES string of the molecule is CC1(C)C(=O)OC1C(=O)O. The molecule has 1 aliphatic rings. The third kappa shape index (κ3) is 0.683. The van der Waals surface area contributed by atoms with E-state index in [2.05, 4.69) is 4.74 Å². The first-order valence-electron chi connectivity index (χ1n) is 2.90. The third-order valence-corrected chi connectivity index (χ3v) is 1.63. The Labute approximate surface area is 57.8 Å². The summed E-state index contributed by atoms with van der Waals surface area (Å²) in [5, 5.41) is 8.41. The predicted octanol–water partition coefficient (Wildman–Crippen LogP) is 0.0226. The normalized spacial score (nSPS) is 28.6. The molecule has 1 rings (SSSR count). The summed E-state index contributed by atoms with van der Waals surface area (Å²) < 4.78 is 4.38. The Bertz CT molecular complexity index is 194. The molecular formula is C6H8O4. The quantitative estimate of drug-likeness (QED) is 0.527. The minimum Gasteiger partial charge on any atom is -0.478 e. The van der Waals surface area contributed by atoms with E-state index in [1.807, 2.05) is 0 Å². The fourth-order valence-electron chi connectivity index (χ4n) is 0.814. The topological polar surface area (TPSA) is 63.6 Å². The minimum absolute atomic E-state index is 0.445. The average molecular weight is 144 g/mol. The van der Waals surface area contributed by atoms with Gasteiger partial charge < -0.3 is 9.84 Å². The summed E-state index contributed by atoms with van der Waals surface area (Å²) in [4.78, 5) is 20.8. The van der Waals surface area contributed by atoms with Gasteiger partial charge >= 0.3 is 11.9 Å². The first-order valence-corrected chi connectivity index (χ1v) is 2.90. The molecule has 10 heavy (non-hydrogen) atoms. The largest absolute Gasteiger partial charge is 0.478 e. The molecule has 4 nitrogen and oxygen atoms in total. The Hall–Kier alpha value is -1.06. The molecule has 0 saturated carbocycles. The van der Waals surface area contributed by atoms with Crippen LogP contribution in [0.15, 0.2) is 0 Å². The van der Waals surface area contributed by atoms with Crippen LogP contribution >= 0.6 is 0 Å². The number of esters is 1. The van der Waals surface area contributed by atoms with Crippen LogP contribution in [-0.4, -0.2) is 23.1 Å². The second-order valence-corrected chi connectivity index (χ2v) is 2.85. The number of carboxylic acid groups (broad SMARTS) is 1. The van der Waals surface area contributed by atoms with E-state index < -0.39 is 23.5 Å². The number of hydrogen-bond acceptors (Lipinski definition) is 3. The molecule has 4 heteroatoms. The Morgan fingerprint density at radius 3 is 2.30 bits per heavy atom. The second-order valence-electron chi connectivity index (χ2n) is 2.85. The van der Waals surface area contributed by atoms with Crippen LogP contribution < -0.4 is 0 Å². The number of cyclic esters (lactones) is 1. The van der Waals surface area contributed by atoms with E-state index in [-0.39, 0.29) is 0 Å². The highest BCUT2D eigenvalue weighted by molar-refractivity contribution is 5.93. The molecule has 0 aromatic rings. The molecule has 1 atom stereocenters. The highest BCUT2D eigenvalue weighted by atomic mass is 16.6. The number of rotatable bonds is 1. The minimum atomic E-state index is -1.08. The van der Waals surface area contributed by atoms with Crippen molar-refractivity contribution in [1.82, 2.24) is 0 Å². The summed E-state index contributed by atoms with van der Waals surface area (Å²) >= 11 is 0. The van der Waals surface area contributed by atoms with Crippen molar-refractivity contribution in [2.24, 2.45) is 5.41 Å². The van der Waals surface area contributed by atoms with Gasteiger partial charge in [0, 0.05) is 0 Å². The molecule has 0 aromatic heterocycles. The predicted molar refractivity (Wildman–Crippen MR) is 31.3 cm³/mol. The number of ether oxygens (including phenoxy) is 1. The Kier molecular flexibility index (Phi) is 1.21. The standard InChI is InChI=1S/C6H8O4/c1-6(2)3(4(7)8)10-5(6)9/h3H,1-2H3,(H,7,8). The van der Waals surface area contributed by atoms with E-state index in [4.69, 9.17) is 5.11 Å². The van der Waals surface area contributed by atoms with Crippen LogP contribution in [0, 0.1) is 5.41 Å². The van der Waals surface area contributed by atoms with E-state index in [9.17, 15) is 9.59 Å². The van der Waals surface area contributed by atoms with Crippen LogP contribution in [0.5, 0.6) is 0 Å². The molecule has 1 saturated heterocycles. The molecule has 0 spiro atoms. The van der Waals surface area contributed by atoms with Gasteiger partial charge in [-0.3, -0.25) is 4.79 Å². The molecule has 1 aliphatic heterocycles. The fraction of sp³-hybridized carbons (Fsp3) is 0.667. The lowest BCUT2D eigenvalue weighted by Gasteiger charge is -2.38. The van der Waals surface area contributed by atoms with E-state index >= 15 is 0 Å². The van der Waals surface area contributed by atoms with Gasteiger partial charge in [0.05, 0.1) is 0 Å². The van der Waals surface area contributed by atoms with Gasteiger partial charge in [0.2, 0.25) is 6.10 Å². The smallest absolute Gasteiger partial charge is 0.346 e. The maximum Gasteiger partial charge on any atom is 0.346 e. The van der Waals surface area contributed by atoms with Crippen LogP contribution in [0.1, 0.15) is 13.8 Å². The highest BCUT2D eigenvalue weighted by Gasteiger charge is 2.54. The molecule has 0 aromatic carbocycles. The molecule has 56 valence electrons. The monoisotopic (exact) mass is 144 g/mol. The summed E-state index contributed by atoms with van der Waals surface area (Å²) in [5.41, 5.74) is -0.841. The van der Waals surface area contributed by atoms with Crippen LogP contribution in [0.3, 0.4) is 0 Å². The first kappa shape index (κ1) is 7.05. The average Bonchev–Trinajstić information content (AvgIpc) is 1.82. The molecule has 1 unspecified atom stereocenters. The van der Waals surface area contributed by atoms with E-state index in [1.54, 1.807) is 13.8 Å². The molecule has 1 N–H and O–H groups in total. The summed E-state index contributed by atoms with van der Waals surface area (Å²) in [6, 6.07) is 0. The third-order valence-electron chi connectivity index (χ3n) is 1.63. The van der Waals surface area contributed by atoms with Gasteiger partial charge in [-0.15, -0.1) is 0 Å². The molecular weight excluding hydrogens is 136 g/mol. The number of carbonyl (C=O) groups is 2. The number of carboxylic acids is 1. The lowest BCUT2D eigenvalue weighted by molar-refractivity contribution is -0.209. The highest BCUT2D eigenvalue weighted by Crippen LogP contribution is 2.35. The lowest BCUT2D eigenvalue weighted by Crippen LogP contribution is -2.56. The van der Waals surface area contributed by atoms with Crippen LogP contribution in [0.2, 0.25) is 0 Å². The van der Waals surface area contributed by atoms with Crippen LogP contribution in [0.4, 0.5) is 0 Å². The molecule has 0 amide bonds. The summed E-state index contributed by atoms with van der Waals surface area (Å²) in [5.74, 6) is -1.52. The van der Waals surface area contributed by atoms with E-state index in [0.717, 1.165) is 0 Å². The van der Waals surface area contributed by atoms with Crippen LogP contribution in [-0.2, 0) is 14.3 Å². The van der Waals surface area contributed by atoms with Gasteiger partial charge in [-0.1, -0.05) is 0 Å². The molecule has 0 bridgehead atoms. The zero-order chi connectivity index (χ0) is 7.94. The van der Waals surface area contributed by atoms with Gasteiger partial charge in [0.1, 0.15) is 5.41 Å². The fourth-order valence-corrected chi connectivity index (χ4v) is 0.814. The number of carbonyl (C=O) groups excluding carboxylic acids is 1. The Morgan fingerprint density at radius 2 is 2.20 bits per heavy atom. The van der Waals surface area contributed by atoms with Crippen LogP contribution in [0.25, 0.3) is 0 Å². The van der Waals surface area contributed by atoms with Gasteiger partial charge in [0.25, 0.3) is 0 Å². The van der Waals surface area contributed by atoms with Crippen molar-refractivity contribution in [1.29, 1.82) is 0 Å². The van der Waals surface area contributed by atoms with E-state index in [1.165, 1.54) is 0 Å². The maximum atomic E-state index is 10.6. The number of aliphatic carboxylic acids is 1. The Morgan fingerprint density at radius 1 is 1.70 bits per heavy atom. The summed E-state index contributed by atoms with van der Waals surface area (Å²) in [6.07, 6.45) is -0.958. The molecule has 1 heterocycles. The van der Waals surface area contributed by atoms with Crippen molar-refractivity contribution in [3.8, 4) is 0 Å². The zero-order valence-corrected chi connectivity index (χ0v) is 5.75. The second kappa shape index (κ2) is 1.71. The molecule has 0 aliphatic carbocycles. The van der Waals surface area contributed by atoms with Crippen molar-refractivity contribution in [3.63, 3.8) is 0 Å². The number of hydrogen-bond donors (Lipinski definition) is 1. The summed E-state index contributed by atoms with van der Waals surface area (Å²) in [6.45, 7) is 3.11. The van der Waals surface area contributed by atoms with Gasteiger partial charge in [-0.25, -0.2) is 4.79 Å². The zero-order valence-electron chi connectivity index (χ0n) is 5.75. The van der Waals surface area contributed by atoms with Crippen molar-refractivity contribution in [2.45, 2.75) is 20.0 Å². The van der Waals surface area contributed by atoms with Gasteiger partial charge in [-0.2, -0.15) is 0 Å². The summed E-state index contributed by atoms with van der Waals surface area (Å²) in [7, 11) is 0. The lowest BCUT2D eigenvalue weighted by atomic mass is 9.81.